The quantitative estimate of drug-likeness (QED) is 0.687. The first-order valence-corrected chi connectivity index (χ1v) is 7.31. The molecule has 21 heavy (non-hydrogen) atoms. The third-order valence-electron chi connectivity index (χ3n) is 3.73. The summed E-state index contributed by atoms with van der Waals surface area (Å²) in [5.41, 5.74) is 4.00. The Kier molecular flexibility index (Phi) is 3.68. The van der Waals surface area contributed by atoms with E-state index < -0.39 is 0 Å². The highest BCUT2D eigenvalue weighted by Gasteiger charge is 2.15. The van der Waals surface area contributed by atoms with Crippen LogP contribution in [0.5, 0.6) is 0 Å². The fourth-order valence-electron chi connectivity index (χ4n) is 2.65. The minimum Gasteiger partial charge on any atom is -0.330 e. The Balaban J connectivity index is 2.02. The summed E-state index contributed by atoms with van der Waals surface area (Å²) in [5, 5.41) is 10.8. The first-order chi connectivity index (χ1) is 10.2. The van der Waals surface area contributed by atoms with Crippen LogP contribution >= 0.6 is 11.6 Å². The predicted octanol–water partition coefficient (Wildman–Crippen LogP) is 4.72. The standard InChI is InChI=1S/C18H15ClN2/c1-13-7-8-17-15(11-13)16(12-20)18(19)21(17)10-9-14-5-3-2-4-6-14/h2-8,11H,9-10H2,1H3. The van der Waals surface area contributed by atoms with Crippen molar-refractivity contribution in [2.75, 3.05) is 0 Å². The summed E-state index contributed by atoms with van der Waals surface area (Å²) in [6.07, 6.45) is 0.892. The van der Waals surface area contributed by atoms with Crippen LogP contribution in [0.1, 0.15) is 16.7 Å². The second kappa shape index (κ2) is 5.63. The fraction of sp³-hybridized carbons (Fsp3) is 0.167. The van der Waals surface area contributed by atoms with E-state index in [1.54, 1.807) is 0 Å². The summed E-state index contributed by atoms with van der Waals surface area (Å²) in [6, 6.07) is 18.7. The maximum Gasteiger partial charge on any atom is 0.128 e. The molecule has 0 saturated carbocycles. The van der Waals surface area contributed by atoms with E-state index in [0.717, 1.165) is 29.4 Å². The number of benzene rings is 2. The zero-order valence-electron chi connectivity index (χ0n) is 11.8. The second-order valence-electron chi connectivity index (χ2n) is 5.19. The summed E-state index contributed by atoms with van der Waals surface area (Å²) in [4.78, 5) is 0. The first-order valence-electron chi connectivity index (χ1n) is 6.93. The average molecular weight is 295 g/mol. The van der Waals surface area contributed by atoms with Gasteiger partial charge >= 0.3 is 0 Å². The van der Waals surface area contributed by atoms with Gasteiger partial charge in [-0.2, -0.15) is 5.26 Å². The molecule has 3 heteroatoms. The molecular formula is C18H15ClN2. The van der Waals surface area contributed by atoms with Crippen molar-refractivity contribution < 1.29 is 0 Å². The minimum atomic E-state index is 0.536. The van der Waals surface area contributed by atoms with Gasteiger partial charge in [0.05, 0.1) is 11.1 Å². The van der Waals surface area contributed by atoms with E-state index in [1.807, 2.05) is 41.8 Å². The van der Waals surface area contributed by atoms with Crippen LogP contribution in [0.3, 0.4) is 0 Å². The van der Waals surface area contributed by atoms with Gasteiger partial charge in [0.25, 0.3) is 0 Å². The SMILES string of the molecule is Cc1ccc2c(c1)c(C#N)c(Cl)n2CCc1ccccc1. The van der Waals surface area contributed by atoms with Crippen LogP contribution < -0.4 is 0 Å². The number of fused-ring (bicyclic) bond motifs is 1. The van der Waals surface area contributed by atoms with Crippen LogP contribution in [0.25, 0.3) is 10.9 Å². The minimum absolute atomic E-state index is 0.536. The van der Waals surface area contributed by atoms with Crippen molar-refractivity contribution in [1.29, 1.82) is 5.26 Å². The zero-order chi connectivity index (χ0) is 14.8. The molecule has 0 unspecified atom stereocenters. The summed E-state index contributed by atoms with van der Waals surface area (Å²) in [7, 11) is 0. The van der Waals surface area contributed by atoms with Crippen LogP contribution in [-0.2, 0) is 13.0 Å². The first kappa shape index (κ1) is 13.7. The van der Waals surface area contributed by atoms with E-state index in [0.29, 0.717) is 10.7 Å². The Bertz CT molecular complexity index is 826. The molecule has 0 fully saturated rings. The van der Waals surface area contributed by atoms with Crippen LogP contribution in [-0.4, -0.2) is 4.57 Å². The normalized spacial score (nSPS) is 10.7. The maximum absolute atomic E-state index is 9.36. The third-order valence-corrected chi connectivity index (χ3v) is 4.13. The number of aromatic nitrogens is 1. The molecule has 0 aliphatic heterocycles. The van der Waals surface area contributed by atoms with Gasteiger partial charge in [-0.3, -0.25) is 0 Å². The van der Waals surface area contributed by atoms with Crippen molar-refractivity contribution in [3.8, 4) is 6.07 Å². The molecule has 0 atom stereocenters. The van der Waals surface area contributed by atoms with Gasteiger partial charge < -0.3 is 4.57 Å². The molecule has 0 spiro atoms. The lowest BCUT2D eigenvalue weighted by atomic mass is 10.1. The van der Waals surface area contributed by atoms with Crippen molar-refractivity contribution in [3.05, 3.63) is 70.4 Å². The number of nitrogens with zero attached hydrogens (tertiary/aromatic N) is 2. The Morgan fingerprint density at radius 2 is 1.90 bits per heavy atom. The molecule has 2 aromatic carbocycles. The summed E-state index contributed by atoms with van der Waals surface area (Å²) in [6.45, 7) is 2.79. The lowest BCUT2D eigenvalue weighted by Crippen LogP contribution is -2.01. The Hall–Kier alpha value is -2.24. The second-order valence-corrected chi connectivity index (χ2v) is 5.54. The fourth-order valence-corrected chi connectivity index (χ4v) is 2.97. The van der Waals surface area contributed by atoms with Crippen LogP contribution in [0.4, 0.5) is 0 Å². The summed E-state index contributed by atoms with van der Waals surface area (Å²) >= 11 is 6.41. The van der Waals surface area contributed by atoms with Crippen LogP contribution in [0, 0.1) is 18.3 Å². The number of rotatable bonds is 3. The molecular weight excluding hydrogens is 280 g/mol. The Labute approximate surface area is 129 Å². The van der Waals surface area contributed by atoms with Gasteiger partial charge in [-0.25, -0.2) is 0 Å². The molecule has 0 bridgehead atoms. The number of hydrogen-bond acceptors (Lipinski definition) is 1. The van der Waals surface area contributed by atoms with Crippen molar-refractivity contribution in [3.63, 3.8) is 0 Å². The molecule has 0 N–H and O–H groups in total. The van der Waals surface area contributed by atoms with Crippen LogP contribution in [0.2, 0.25) is 5.15 Å². The van der Waals surface area contributed by atoms with E-state index in [1.165, 1.54) is 5.56 Å². The zero-order valence-corrected chi connectivity index (χ0v) is 12.6. The average Bonchev–Trinajstić information content (AvgIpc) is 2.76. The highest BCUT2D eigenvalue weighted by Crippen LogP contribution is 2.30. The molecule has 1 heterocycles. The number of aryl methyl sites for hydroxylation is 3. The summed E-state index contributed by atoms with van der Waals surface area (Å²) < 4.78 is 2.03. The lowest BCUT2D eigenvalue weighted by Gasteiger charge is -2.07. The van der Waals surface area contributed by atoms with E-state index in [9.17, 15) is 5.26 Å². The van der Waals surface area contributed by atoms with Gasteiger partial charge in [0, 0.05) is 11.9 Å². The maximum atomic E-state index is 9.36. The van der Waals surface area contributed by atoms with Gasteiger partial charge in [-0.1, -0.05) is 53.6 Å². The van der Waals surface area contributed by atoms with E-state index in [2.05, 4.69) is 24.3 Å². The van der Waals surface area contributed by atoms with E-state index in [4.69, 9.17) is 11.6 Å². The van der Waals surface area contributed by atoms with Gasteiger partial charge in [0.2, 0.25) is 0 Å². The van der Waals surface area contributed by atoms with Gasteiger partial charge in [-0.15, -0.1) is 0 Å². The molecule has 2 nitrogen and oxygen atoms in total. The van der Waals surface area contributed by atoms with Crippen LogP contribution in [0.15, 0.2) is 48.5 Å². The molecule has 0 aliphatic rings. The third kappa shape index (κ3) is 2.53. The molecule has 0 aliphatic carbocycles. The molecule has 0 saturated heterocycles. The molecule has 0 radical (unpaired) electrons. The van der Waals surface area contributed by atoms with Crippen molar-refractivity contribution in [2.24, 2.45) is 0 Å². The highest BCUT2D eigenvalue weighted by atomic mass is 35.5. The molecule has 104 valence electrons. The molecule has 3 rings (SSSR count). The Morgan fingerprint density at radius 1 is 1.14 bits per heavy atom. The van der Waals surface area contributed by atoms with Crippen molar-refractivity contribution in [2.45, 2.75) is 19.9 Å². The molecule has 3 aromatic rings. The number of nitriles is 1. The largest absolute Gasteiger partial charge is 0.330 e. The van der Waals surface area contributed by atoms with Crippen molar-refractivity contribution in [1.82, 2.24) is 4.57 Å². The predicted molar refractivity (Wildman–Crippen MR) is 86.5 cm³/mol. The Morgan fingerprint density at radius 3 is 2.62 bits per heavy atom. The van der Waals surface area contributed by atoms with Gasteiger partial charge in [-0.05, 0) is 31.0 Å². The van der Waals surface area contributed by atoms with E-state index in [-0.39, 0.29) is 0 Å². The van der Waals surface area contributed by atoms with E-state index >= 15 is 0 Å². The molecule has 1 aromatic heterocycles. The van der Waals surface area contributed by atoms with Crippen molar-refractivity contribution >= 4 is 22.5 Å². The van der Waals surface area contributed by atoms with Gasteiger partial charge in [0.1, 0.15) is 11.2 Å². The lowest BCUT2D eigenvalue weighted by molar-refractivity contribution is 0.723. The summed E-state index contributed by atoms with van der Waals surface area (Å²) in [5.74, 6) is 0. The topological polar surface area (TPSA) is 28.7 Å². The highest BCUT2D eigenvalue weighted by molar-refractivity contribution is 6.32. The smallest absolute Gasteiger partial charge is 0.128 e. The number of hydrogen-bond donors (Lipinski definition) is 0. The van der Waals surface area contributed by atoms with Gasteiger partial charge in [0.15, 0.2) is 0 Å². The number of halogens is 1. The monoisotopic (exact) mass is 294 g/mol. The molecule has 0 amide bonds.